The van der Waals surface area contributed by atoms with Crippen molar-refractivity contribution in [2.75, 3.05) is 66.9 Å². The number of hydrogen-bond acceptors (Lipinski definition) is 13. The summed E-state index contributed by atoms with van der Waals surface area (Å²) >= 11 is 0. The minimum Gasteiger partial charge on any atom is -0.453 e. The van der Waals surface area contributed by atoms with Crippen LogP contribution in [0.4, 0.5) is 30.8 Å². The van der Waals surface area contributed by atoms with Gasteiger partial charge in [0.1, 0.15) is 23.2 Å². The second-order valence-electron chi connectivity index (χ2n) is 18.9. The highest BCUT2D eigenvalue weighted by Crippen LogP contribution is 2.42. The van der Waals surface area contributed by atoms with Gasteiger partial charge in [-0.3, -0.25) is 38.6 Å². The van der Waals surface area contributed by atoms with Crippen LogP contribution in [0.1, 0.15) is 75.8 Å². The van der Waals surface area contributed by atoms with Gasteiger partial charge in [-0.1, -0.05) is 6.42 Å². The van der Waals surface area contributed by atoms with E-state index in [1.54, 1.807) is 22.7 Å². The van der Waals surface area contributed by atoms with Crippen LogP contribution in [0.5, 0.6) is 11.5 Å². The first-order valence-electron chi connectivity index (χ1n) is 23.4. The SMILES string of the molecule is Cn1nc(N2CCC(=O)NC2=O)c2cc(F)c(N3CCC(O)(CC(=O)N4CCC5(CC4)C[C@@H](n4cnc6ccc(Oc7c(F)ccc(NS(=O)(=O)N8CCCCC8)c7C#N)cc6c4=O)CO5)CC3)cc21. The molecule has 3 aromatic carbocycles. The summed E-state index contributed by atoms with van der Waals surface area (Å²) in [7, 11) is -2.33. The number of ether oxygens (including phenoxy) is 2. The fraction of sp³-hybridized carbons (Fsp3) is 0.468. The maximum Gasteiger partial charge on any atom is 0.329 e. The minimum absolute atomic E-state index is 0.0283. The normalized spacial score (nSPS) is 20.8. The molecule has 20 nitrogen and oxygen atoms in total. The van der Waals surface area contributed by atoms with Crippen molar-refractivity contribution in [2.24, 2.45) is 7.05 Å². The third-order valence-corrected chi connectivity index (χ3v) is 15.9. The van der Waals surface area contributed by atoms with Crippen LogP contribution in [0.15, 0.2) is 53.6 Å². The molecule has 1 atom stereocenters. The van der Waals surface area contributed by atoms with Crippen LogP contribution in [-0.4, -0.2) is 124 Å². The number of piperidine rings is 3. The highest BCUT2D eigenvalue weighted by atomic mass is 32.2. The standard InChI is InChI=1S/C47H51F2N11O9S/c1-55-38-23-39(35(49)22-32(38)43(53-55)59-16-9-40(61)52-45(59)64)56-17-10-46(65,11-18-56)25-41(62)57-19-12-47(13-20-57)24-29(27-68-47)60-28-51-36-7-5-30(21-31(36)44(60)63)69-42-33(26-50)37(8-6-34(42)48)54-70(66,67)58-14-3-2-4-15-58/h5-8,21-23,28-29,54,65H,2-4,9-20,24-25,27H2,1H3,(H,52,61,64)/t29-/m1/s1. The lowest BCUT2D eigenvalue weighted by Crippen LogP contribution is -2.51. The molecule has 5 fully saturated rings. The number of nitriles is 1. The van der Waals surface area contributed by atoms with Crippen molar-refractivity contribution in [2.45, 2.75) is 81.5 Å². The first-order chi connectivity index (χ1) is 33.5. The van der Waals surface area contributed by atoms with Crippen molar-refractivity contribution in [1.82, 2.24) is 33.9 Å². The lowest BCUT2D eigenvalue weighted by molar-refractivity contribution is -0.142. The van der Waals surface area contributed by atoms with E-state index in [9.17, 15) is 38.0 Å². The van der Waals surface area contributed by atoms with Crippen LogP contribution in [0.2, 0.25) is 0 Å². The molecule has 4 amide bonds. The Hall–Kier alpha value is -6.74. The maximum absolute atomic E-state index is 15.7. The van der Waals surface area contributed by atoms with Crippen LogP contribution in [0.3, 0.4) is 0 Å². The van der Waals surface area contributed by atoms with Gasteiger partial charge in [-0.2, -0.15) is 23.1 Å². The highest BCUT2D eigenvalue weighted by Gasteiger charge is 2.45. The van der Waals surface area contributed by atoms with Gasteiger partial charge in [0, 0.05) is 64.7 Å². The monoisotopic (exact) mass is 983 g/mol. The molecular weight excluding hydrogens is 933 g/mol. The fourth-order valence-electron chi connectivity index (χ4n) is 10.4. The highest BCUT2D eigenvalue weighted by molar-refractivity contribution is 7.90. The van der Waals surface area contributed by atoms with E-state index in [0.29, 0.717) is 93.5 Å². The second-order valence-corrected chi connectivity index (χ2v) is 20.5. The Bertz CT molecular complexity index is 3150. The number of aliphatic hydroxyl groups is 1. The number of likely N-dealkylation sites (tertiary alicyclic amines) is 1. The Morgan fingerprint density at radius 3 is 2.46 bits per heavy atom. The van der Waals surface area contributed by atoms with Crippen molar-refractivity contribution in [1.29, 1.82) is 5.26 Å². The Morgan fingerprint density at radius 2 is 1.73 bits per heavy atom. The molecule has 5 aliphatic heterocycles. The zero-order valence-electron chi connectivity index (χ0n) is 38.3. The third-order valence-electron chi connectivity index (χ3n) is 14.4. The van der Waals surface area contributed by atoms with E-state index in [1.165, 1.54) is 50.4 Å². The van der Waals surface area contributed by atoms with Gasteiger partial charge in [-0.05, 0) is 87.4 Å². The molecule has 23 heteroatoms. The van der Waals surface area contributed by atoms with Gasteiger partial charge in [0.05, 0.1) is 64.4 Å². The molecule has 7 heterocycles. The summed E-state index contributed by atoms with van der Waals surface area (Å²) in [6, 6.07) is 10.4. The summed E-state index contributed by atoms with van der Waals surface area (Å²) in [4.78, 5) is 61.3. The molecule has 1 spiro atoms. The lowest BCUT2D eigenvalue weighted by Gasteiger charge is -2.42. The lowest BCUT2D eigenvalue weighted by atomic mass is 9.85. The van der Waals surface area contributed by atoms with Gasteiger partial charge in [0.2, 0.25) is 11.8 Å². The Balaban J connectivity index is 0.755. The van der Waals surface area contributed by atoms with Crippen molar-refractivity contribution >= 4 is 67.1 Å². The largest absolute Gasteiger partial charge is 0.453 e. The molecular formula is C47H51F2N11O9S. The molecule has 0 bridgehead atoms. The Morgan fingerprint density at radius 1 is 0.971 bits per heavy atom. The van der Waals surface area contributed by atoms with E-state index in [4.69, 9.17) is 9.47 Å². The average molecular weight is 984 g/mol. The molecule has 5 aliphatic rings. The number of imide groups is 1. The minimum atomic E-state index is -4.02. The predicted molar refractivity (Wildman–Crippen MR) is 250 cm³/mol. The molecule has 5 saturated heterocycles. The zero-order valence-corrected chi connectivity index (χ0v) is 39.1. The molecule has 70 heavy (non-hydrogen) atoms. The van der Waals surface area contributed by atoms with Crippen LogP contribution in [0, 0.1) is 23.0 Å². The quantitative estimate of drug-likeness (QED) is 0.174. The molecule has 2 aromatic heterocycles. The number of hydrogen-bond donors (Lipinski definition) is 3. The Kier molecular flexibility index (Phi) is 12.2. The van der Waals surface area contributed by atoms with Crippen LogP contribution in [-0.2, 0) is 31.6 Å². The number of fused-ring (bicyclic) bond motifs is 2. The van der Waals surface area contributed by atoms with Crippen molar-refractivity contribution in [3.63, 3.8) is 0 Å². The van der Waals surface area contributed by atoms with Gasteiger partial charge in [-0.25, -0.2) is 18.6 Å². The molecule has 0 aliphatic carbocycles. The molecule has 3 N–H and O–H groups in total. The Labute approximate surface area is 400 Å². The average Bonchev–Trinajstić information content (AvgIpc) is 3.89. The van der Waals surface area contributed by atoms with Gasteiger partial charge >= 0.3 is 16.2 Å². The maximum atomic E-state index is 15.7. The van der Waals surface area contributed by atoms with E-state index in [-0.39, 0.29) is 84.9 Å². The molecule has 368 valence electrons. The van der Waals surface area contributed by atoms with Crippen LogP contribution >= 0.6 is 0 Å². The number of urea groups is 1. The van der Waals surface area contributed by atoms with E-state index in [2.05, 4.69) is 20.1 Å². The van der Waals surface area contributed by atoms with Crippen molar-refractivity contribution in [3.8, 4) is 17.6 Å². The summed E-state index contributed by atoms with van der Waals surface area (Å²) < 4.78 is 76.2. The second kappa shape index (κ2) is 18.2. The number of anilines is 3. The summed E-state index contributed by atoms with van der Waals surface area (Å²) in [5.41, 5.74) is -1.55. The van der Waals surface area contributed by atoms with Crippen LogP contribution in [0.25, 0.3) is 21.8 Å². The molecule has 10 rings (SSSR count). The third kappa shape index (κ3) is 8.88. The number of carbonyl (C=O) groups excluding carboxylic acids is 3. The topological polar surface area (TPSA) is 238 Å². The van der Waals surface area contributed by atoms with Crippen LogP contribution < -0.4 is 30.1 Å². The fourth-order valence-corrected chi connectivity index (χ4v) is 11.7. The number of halogens is 2. The number of rotatable bonds is 10. The number of nitrogens with zero attached hydrogens (tertiary/aromatic N) is 9. The number of carbonyl (C=O) groups is 3. The van der Waals surface area contributed by atoms with Gasteiger partial charge in [0.15, 0.2) is 17.4 Å². The predicted octanol–water partition coefficient (Wildman–Crippen LogP) is 4.56. The smallest absolute Gasteiger partial charge is 0.329 e. The summed E-state index contributed by atoms with van der Waals surface area (Å²) in [5, 5.41) is 29.0. The summed E-state index contributed by atoms with van der Waals surface area (Å²) in [6.45, 7) is 2.35. The van der Waals surface area contributed by atoms with Gasteiger partial charge < -0.3 is 24.4 Å². The molecule has 0 saturated carbocycles. The van der Waals surface area contributed by atoms with Crippen molar-refractivity contribution < 1.29 is 46.2 Å². The number of aryl methyl sites for hydroxylation is 1. The molecule has 5 aromatic rings. The van der Waals surface area contributed by atoms with Gasteiger partial charge in [-0.15, -0.1) is 0 Å². The summed E-state index contributed by atoms with van der Waals surface area (Å²) in [6.07, 6.45) is 5.73. The number of nitrogens with one attached hydrogen (secondary N) is 2. The summed E-state index contributed by atoms with van der Waals surface area (Å²) in [5.74, 6) is -2.24. The van der Waals surface area contributed by atoms with E-state index in [1.807, 2.05) is 11.0 Å². The van der Waals surface area contributed by atoms with E-state index >= 15 is 8.78 Å². The molecule has 0 radical (unpaired) electrons. The number of amides is 4. The first kappa shape index (κ1) is 47.0. The first-order valence-corrected chi connectivity index (χ1v) is 24.8. The number of aromatic nitrogens is 4. The molecule has 0 unspecified atom stereocenters. The van der Waals surface area contributed by atoms with Gasteiger partial charge in [0.25, 0.3) is 5.56 Å². The van der Waals surface area contributed by atoms with E-state index in [0.717, 1.165) is 12.5 Å². The van der Waals surface area contributed by atoms with E-state index < -0.39 is 50.4 Å². The van der Waals surface area contributed by atoms with Crippen molar-refractivity contribution in [3.05, 3.63) is 76.3 Å². The zero-order chi connectivity index (χ0) is 49.1. The number of benzene rings is 3.